The fraction of sp³-hybridized carbons (Fsp3) is 0.294. The van der Waals surface area contributed by atoms with Crippen molar-refractivity contribution < 1.29 is 9.53 Å². The third-order valence-corrected chi connectivity index (χ3v) is 3.26. The number of carbonyl (C=O) groups is 1. The Balaban J connectivity index is 2.03. The molecule has 1 aromatic heterocycles. The first-order valence-electron chi connectivity index (χ1n) is 6.93. The van der Waals surface area contributed by atoms with Crippen molar-refractivity contribution in [1.29, 1.82) is 0 Å². The second-order valence-corrected chi connectivity index (χ2v) is 5.30. The van der Waals surface area contributed by atoms with Gasteiger partial charge in [0.2, 0.25) is 0 Å². The van der Waals surface area contributed by atoms with Crippen LogP contribution in [0, 0.1) is 6.92 Å². The Labute approximate surface area is 129 Å². The smallest absolute Gasteiger partial charge is 0.310 e. The molecule has 1 aromatic carbocycles. The molecule has 0 aliphatic carbocycles. The second kappa shape index (κ2) is 7.23. The zero-order valence-corrected chi connectivity index (χ0v) is 13.0. The van der Waals surface area contributed by atoms with Crippen LogP contribution in [0.5, 0.6) is 0 Å². The number of aromatic nitrogens is 1. The maximum atomic E-state index is 11.4. The summed E-state index contributed by atoms with van der Waals surface area (Å²) in [6.45, 7) is 4.15. The zero-order chi connectivity index (χ0) is 15.2. The first-order chi connectivity index (χ1) is 10.1. The van der Waals surface area contributed by atoms with Crippen molar-refractivity contribution in [2.45, 2.75) is 26.7 Å². The number of benzene rings is 1. The van der Waals surface area contributed by atoms with Crippen LogP contribution in [0.15, 0.2) is 36.4 Å². The molecule has 0 saturated heterocycles. The third-order valence-electron chi connectivity index (χ3n) is 3.07. The van der Waals surface area contributed by atoms with E-state index in [1.807, 2.05) is 50.2 Å². The Kier molecular flexibility index (Phi) is 5.34. The van der Waals surface area contributed by atoms with Crippen molar-refractivity contribution in [3.8, 4) is 0 Å². The van der Waals surface area contributed by atoms with E-state index in [2.05, 4.69) is 4.98 Å². The van der Waals surface area contributed by atoms with Crippen molar-refractivity contribution in [2.24, 2.45) is 0 Å². The van der Waals surface area contributed by atoms with Crippen molar-refractivity contribution in [3.63, 3.8) is 0 Å². The summed E-state index contributed by atoms with van der Waals surface area (Å²) in [5.41, 5.74) is 4.17. The van der Waals surface area contributed by atoms with Crippen LogP contribution in [0.4, 0.5) is 0 Å². The Morgan fingerprint density at radius 3 is 2.43 bits per heavy atom. The van der Waals surface area contributed by atoms with E-state index in [0.29, 0.717) is 18.2 Å². The Morgan fingerprint density at radius 1 is 1.14 bits per heavy atom. The van der Waals surface area contributed by atoms with E-state index in [9.17, 15) is 4.79 Å². The quantitative estimate of drug-likeness (QED) is 0.624. The summed E-state index contributed by atoms with van der Waals surface area (Å²) in [4.78, 5) is 15.6. The van der Waals surface area contributed by atoms with Crippen LogP contribution in [0.25, 0.3) is 0 Å². The lowest BCUT2D eigenvalue weighted by molar-refractivity contribution is -0.142. The lowest BCUT2D eigenvalue weighted by Crippen LogP contribution is -2.07. The van der Waals surface area contributed by atoms with Gasteiger partial charge in [0.15, 0.2) is 0 Å². The number of aryl methyl sites for hydroxylation is 1. The summed E-state index contributed by atoms with van der Waals surface area (Å²) in [7, 11) is 0. The van der Waals surface area contributed by atoms with Crippen molar-refractivity contribution in [1.82, 2.24) is 4.98 Å². The average Bonchev–Trinajstić information content (AvgIpc) is 2.40. The van der Waals surface area contributed by atoms with Crippen LogP contribution in [0.3, 0.4) is 0 Å². The third kappa shape index (κ3) is 4.87. The first kappa shape index (κ1) is 15.5. The number of hydrogen-bond acceptors (Lipinski definition) is 3. The van der Waals surface area contributed by atoms with E-state index in [4.69, 9.17) is 16.3 Å². The minimum atomic E-state index is -0.193. The molecule has 0 N–H and O–H groups in total. The van der Waals surface area contributed by atoms with E-state index in [-0.39, 0.29) is 5.97 Å². The molecule has 0 aliphatic heterocycles. The lowest BCUT2D eigenvalue weighted by atomic mass is 10.0. The Bertz CT molecular complexity index is 603. The summed E-state index contributed by atoms with van der Waals surface area (Å²) in [5.74, 6) is -0.193. The minimum Gasteiger partial charge on any atom is -0.466 e. The van der Waals surface area contributed by atoms with Gasteiger partial charge in [-0.25, -0.2) is 4.98 Å². The molecule has 0 bridgehead atoms. The van der Waals surface area contributed by atoms with Gasteiger partial charge >= 0.3 is 5.97 Å². The predicted molar refractivity (Wildman–Crippen MR) is 83.6 cm³/mol. The van der Waals surface area contributed by atoms with Gasteiger partial charge in [0.1, 0.15) is 5.15 Å². The van der Waals surface area contributed by atoms with Crippen LogP contribution >= 0.6 is 11.6 Å². The molecular formula is C17H18ClNO2. The van der Waals surface area contributed by atoms with Crippen LogP contribution in [0.1, 0.15) is 29.3 Å². The van der Waals surface area contributed by atoms with Crippen LogP contribution < -0.4 is 0 Å². The Morgan fingerprint density at radius 2 is 1.81 bits per heavy atom. The molecule has 0 spiro atoms. The van der Waals surface area contributed by atoms with E-state index in [1.165, 1.54) is 5.56 Å². The van der Waals surface area contributed by atoms with Gasteiger partial charge in [0.05, 0.1) is 13.0 Å². The molecule has 0 radical (unpaired) electrons. The molecule has 0 atom stereocenters. The number of carbonyl (C=O) groups excluding carboxylic acids is 1. The van der Waals surface area contributed by atoms with Gasteiger partial charge in [-0.05, 0) is 49.1 Å². The van der Waals surface area contributed by atoms with Crippen molar-refractivity contribution >= 4 is 17.6 Å². The fourth-order valence-corrected chi connectivity index (χ4v) is 2.46. The molecule has 0 aliphatic rings. The van der Waals surface area contributed by atoms with Crippen molar-refractivity contribution in [3.05, 3.63) is 63.9 Å². The zero-order valence-electron chi connectivity index (χ0n) is 12.2. The molecule has 21 heavy (non-hydrogen) atoms. The Hall–Kier alpha value is -1.87. The molecule has 0 unspecified atom stereocenters. The topological polar surface area (TPSA) is 39.2 Å². The average molecular weight is 304 g/mol. The van der Waals surface area contributed by atoms with Gasteiger partial charge < -0.3 is 4.74 Å². The number of nitrogens with zero attached hydrogens (tertiary/aromatic N) is 1. The summed E-state index contributed by atoms with van der Waals surface area (Å²) >= 11 is 5.97. The molecule has 0 saturated carbocycles. The highest BCUT2D eigenvalue weighted by Crippen LogP contribution is 2.15. The molecule has 2 aromatic rings. The number of halogens is 1. The van der Waals surface area contributed by atoms with E-state index < -0.39 is 0 Å². The maximum absolute atomic E-state index is 11.4. The molecule has 1 heterocycles. The molecule has 110 valence electrons. The van der Waals surface area contributed by atoms with E-state index in [1.54, 1.807) is 0 Å². The highest BCUT2D eigenvalue weighted by atomic mass is 35.5. The lowest BCUT2D eigenvalue weighted by Gasteiger charge is -2.06. The normalized spacial score (nSPS) is 10.4. The second-order valence-electron chi connectivity index (χ2n) is 4.91. The standard InChI is InChI=1S/C17H18ClNO2/c1-3-21-17(20)11-14-6-4-13(5-7-14)9-15-8-12(2)19-16(18)10-15/h4-8,10H,3,9,11H2,1-2H3. The molecule has 2 rings (SSSR count). The highest BCUT2D eigenvalue weighted by Gasteiger charge is 2.05. The number of hydrogen-bond donors (Lipinski definition) is 0. The SMILES string of the molecule is CCOC(=O)Cc1ccc(Cc2cc(C)nc(Cl)c2)cc1. The summed E-state index contributed by atoms with van der Waals surface area (Å²) < 4.78 is 4.94. The van der Waals surface area contributed by atoms with Gasteiger partial charge in [-0.15, -0.1) is 0 Å². The van der Waals surface area contributed by atoms with E-state index in [0.717, 1.165) is 23.2 Å². The first-order valence-corrected chi connectivity index (χ1v) is 7.31. The van der Waals surface area contributed by atoms with E-state index >= 15 is 0 Å². The van der Waals surface area contributed by atoms with Crippen LogP contribution in [0.2, 0.25) is 5.15 Å². The molecule has 4 heteroatoms. The van der Waals surface area contributed by atoms with Crippen molar-refractivity contribution in [2.75, 3.05) is 6.61 Å². The van der Waals surface area contributed by atoms with Gasteiger partial charge in [-0.1, -0.05) is 35.9 Å². The predicted octanol–water partition coefficient (Wildman–Crippen LogP) is 3.74. The summed E-state index contributed by atoms with van der Waals surface area (Å²) in [5, 5.41) is 0.518. The summed E-state index contributed by atoms with van der Waals surface area (Å²) in [6, 6.07) is 11.9. The highest BCUT2D eigenvalue weighted by molar-refractivity contribution is 6.29. The van der Waals surface area contributed by atoms with Gasteiger partial charge in [0, 0.05) is 5.69 Å². The molecule has 3 nitrogen and oxygen atoms in total. The molecule has 0 amide bonds. The van der Waals surface area contributed by atoms with Gasteiger partial charge in [0.25, 0.3) is 0 Å². The summed E-state index contributed by atoms with van der Waals surface area (Å²) in [6.07, 6.45) is 1.11. The van der Waals surface area contributed by atoms with Crippen LogP contribution in [-0.2, 0) is 22.4 Å². The monoisotopic (exact) mass is 303 g/mol. The molecule has 0 fully saturated rings. The number of ether oxygens (including phenoxy) is 1. The fourth-order valence-electron chi connectivity index (χ4n) is 2.19. The van der Waals surface area contributed by atoms with Crippen LogP contribution in [-0.4, -0.2) is 17.6 Å². The number of rotatable bonds is 5. The minimum absolute atomic E-state index is 0.193. The maximum Gasteiger partial charge on any atom is 0.310 e. The van der Waals surface area contributed by atoms with Gasteiger partial charge in [-0.3, -0.25) is 4.79 Å². The largest absolute Gasteiger partial charge is 0.466 e. The number of pyridine rings is 1. The van der Waals surface area contributed by atoms with Gasteiger partial charge in [-0.2, -0.15) is 0 Å². The number of esters is 1. The molecular weight excluding hydrogens is 286 g/mol.